The summed E-state index contributed by atoms with van der Waals surface area (Å²) in [5.41, 5.74) is 1.36. The Morgan fingerprint density at radius 1 is 0.929 bits per heavy atom. The molecule has 1 heterocycles. The number of aromatic nitrogens is 1. The smallest absolute Gasteiger partial charge is 0.255 e. The van der Waals surface area contributed by atoms with Crippen LogP contribution in [0.5, 0.6) is 11.5 Å². The second kappa shape index (κ2) is 7.67. The zero-order valence-corrected chi connectivity index (χ0v) is 14.7. The summed E-state index contributed by atoms with van der Waals surface area (Å²) in [5.74, 6) is 1.12. The molecule has 0 saturated carbocycles. The molecule has 1 aromatic heterocycles. The van der Waals surface area contributed by atoms with Gasteiger partial charge < -0.3 is 10.1 Å². The molecule has 4 rings (SSSR count). The van der Waals surface area contributed by atoms with Crippen LogP contribution in [0.15, 0.2) is 90.4 Å². The Morgan fingerprint density at radius 2 is 1.71 bits per heavy atom. The van der Waals surface area contributed by atoms with Crippen LogP contribution in [0, 0.1) is 4.91 Å². The molecule has 0 radical (unpaired) electrons. The lowest BCUT2D eigenvalue weighted by atomic mass is 10.1. The van der Waals surface area contributed by atoms with Crippen molar-refractivity contribution in [3.05, 3.63) is 95.7 Å². The van der Waals surface area contributed by atoms with Crippen molar-refractivity contribution in [2.45, 2.75) is 0 Å². The van der Waals surface area contributed by atoms with Gasteiger partial charge in [0.2, 0.25) is 0 Å². The van der Waals surface area contributed by atoms with Gasteiger partial charge in [0.1, 0.15) is 17.2 Å². The molecule has 0 atom stereocenters. The van der Waals surface area contributed by atoms with Crippen LogP contribution in [0.25, 0.3) is 10.8 Å². The molecule has 0 saturated heterocycles. The number of nitroso groups, excluding NO2 is 1. The van der Waals surface area contributed by atoms with Gasteiger partial charge >= 0.3 is 0 Å². The number of benzene rings is 3. The van der Waals surface area contributed by atoms with E-state index in [4.69, 9.17) is 4.74 Å². The van der Waals surface area contributed by atoms with E-state index in [1.54, 1.807) is 48.8 Å². The number of hydrogen-bond acceptors (Lipinski definition) is 5. The zero-order chi connectivity index (χ0) is 19.3. The van der Waals surface area contributed by atoms with E-state index < -0.39 is 0 Å². The van der Waals surface area contributed by atoms with E-state index in [-0.39, 0.29) is 11.6 Å². The number of fused-ring (bicyclic) bond motifs is 1. The molecule has 0 aliphatic heterocycles. The summed E-state index contributed by atoms with van der Waals surface area (Å²) in [6.45, 7) is 0. The molecule has 0 bridgehead atoms. The van der Waals surface area contributed by atoms with E-state index >= 15 is 0 Å². The number of rotatable bonds is 5. The fraction of sp³-hybridized carbons (Fsp3) is 0. The van der Waals surface area contributed by atoms with Gasteiger partial charge in [-0.3, -0.25) is 9.78 Å². The van der Waals surface area contributed by atoms with E-state index in [9.17, 15) is 9.70 Å². The average molecular weight is 369 g/mol. The fourth-order valence-electron chi connectivity index (χ4n) is 2.79. The second-order valence-corrected chi connectivity index (χ2v) is 6.07. The molecule has 6 nitrogen and oxygen atoms in total. The van der Waals surface area contributed by atoms with Gasteiger partial charge in [0.05, 0.1) is 0 Å². The average Bonchev–Trinajstić information content (AvgIpc) is 2.75. The third-order valence-electron chi connectivity index (χ3n) is 4.22. The minimum Gasteiger partial charge on any atom is -0.457 e. The van der Waals surface area contributed by atoms with Gasteiger partial charge in [-0.2, -0.15) is 0 Å². The van der Waals surface area contributed by atoms with Crippen LogP contribution in [0.3, 0.4) is 0 Å². The van der Waals surface area contributed by atoms with Gasteiger partial charge in [-0.25, -0.2) is 0 Å². The summed E-state index contributed by atoms with van der Waals surface area (Å²) in [5, 5.41) is 7.60. The van der Waals surface area contributed by atoms with Gasteiger partial charge in [-0.15, -0.1) is 4.91 Å². The minimum atomic E-state index is -0.271. The number of nitrogens with one attached hydrogen (secondary N) is 1. The van der Waals surface area contributed by atoms with Gasteiger partial charge in [0.15, 0.2) is 0 Å². The standard InChI is InChI=1S/C22H15N3O3/c26-22(15-4-6-18(25-27)7-5-15)24-17-8-10-19(11-9-17)28-21-3-1-2-16-14-23-13-12-20(16)21/h1-14H,(H,24,26). The van der Waals surface area contributed by atoms with Crippen molar-refractivity contribution >= 4 is 28.1 Å². The molecule has 0 aliphatic carbocycles. The molecule has 4 aromatic rings. The van der Waals surface area contributed by atoms with Crippen LogP contribution >= 0.6 is 0 Å². The molecular weight excluding hydrogens is 354 g/mol. The van der Waals surface area contributed by atoms with Gasteiger partial charge in [-0.1, -0.05) is 12.1 Å². The monoisotopic (exact) mass is 369 g/mol. The third kappa shape index (κ3) is 3.71. The maximum atomic E-state index is 12.3. The molecule has 6 heteroatoms. The summed E-state index contributed by atoms with van der Waals surface area (Å²) >= 11 is 0. The lowest BCUT2D eigenvalue weighted by Gasteiger charge is -2.10. The minimum absolute atomic E-state index is 0.271. The van der Waals surface area contributed by atoms with Crippen molar-refractivity contribution in [3.63, 3.8) is 0 Å². The Morgan fingerprint density at radius 3 is 2.46 bits per heavy atom. The number of pyridine rings is 1. The van der Waals surface area contributed by atoms with E-state index in [1.807, 2.05) is 24.3 Å². The Balaban J connectivity index is 1.47. The Bertz CT molecular complexity index is 1130. The van der Waals surface area contributed by atoms with Gasteiger partial charge in [0.25, 0.3) is 5.91 Å². The van der Waals surface area contributed by atoms with E-state index in [1.165, 1.54) is 12.1 Å². The van der Waals surface area contributed by atoms with Gasteiger partial charge in [0, 0.05) is 34.4 Å². The molecule has 0 aliphatic rings. The largest absolute Gasteiger partial charge is 0.457 e. The first-order chi connectivity index (χ1) is 13.7. The van der Waals surface area contributed by atoms with Crippen molar-refractivity contribution in [2.24, 2.45) is 5.18 Å². The summed E-state index contributed by atoms with van der Waals surface area (Å²) in [7, 11) is 0. The molecule has 3 aromatic carbocycles. The summed E-state index contributed by atoms with van der Waals surface area (Å²) in [6.07, 6.45) is 3.52. The van der Waals surface area contributed by atoms with Crippen LogP contribution in [0.2, 0.25) is 0 Å². The lowest BCUT2D eigenvalue weighted by Crippen LogP contribution is -2.11. The van der Waals surface area contributed by atoms with Crippen LogP contribution < -0.4 is 10.1 Å². The highest BCUT2D eigenvalue weighted by Crippen LogP contribution is 2.30. The number of hydrogen-bond donors (Lipinski definition) is 1. The Hall–Kier alpha value is -4.06. The molecule has 1 amide bonds. The summed E-state index contributed by atoms with van der Waals surface area (Å²) < 4.78 is 5.98. The highest BCUT2D eigenvalue weighted by molar-refractivity contribution is 6.04. The Labute approximate surface area is 160 Å². The SMILES string of the molecule is O=Nc1ccc(C(=O)Nc2ccc(Oc3cccc4cnccc34)cc2)cc1. The molecule has 28 heavy (non-hydrogen) atoms. The topological polar surface area (TPSA) is 80.7 Å². The van der Waals surface area contributed by atoms with Crippen molar-refractivity contribution in [1.29, 1.82) is 0 Å². The number of carbonyl (C=O) groups is 1. The van der Waals surface area contributed by atoms with Crippen molar-refractivity contribution in [1.82, 2.24) is 4.98 Å². The predicted octanol–water partition coefficient (Wildman–Crippen LogP) is 5.68. The predicted molar refractivity (Wildman–Crippen MR) is 108 cm³/mol. The van der Waals surface area contributed by atoms with Crippen LogP contribution in [0.4, 0.5) is 11.4 Å². The molecule has 1 N–H and O–H groups in total. The number of nitrogens with zero attached hydrogens (tertiary/aromatic N) is 2. The number of carbonyl (C=O) groups excluding carboxylic acids is 1. The van der Waals surface area contributed by atoms with Crippen molar-refractivity contribution in [3.8, 4) is 11.5 Å². The Kier molecular flexibility index (Phi) is 4.76. The highest BCUT2D eigenvalue weighted by Gasteiger charge is 2.07. The maximum Gasteiger partial charge on any atom is 0.255 e. The second-order valence-electron chi connectivity index (χ2n) is 6.07. The van der Waals surface area contributed by atoms with Gasteiger partial charge in [-0.05, 0) is 65.8 Å². The molecular formula is C22H15N3O3. The highest BCUT2D eigenvalue weighted by atomic mass is 16.5. The van der Waals surface area contributed by atoms with Crippen LogP contribution in [-0.4, -0.2) is 10.9 Å². The molecule has 0 spiro atoms. The van der Waals surface area contributed by atoms with E-state index in [0.717, 1.165) is 16.5 Å². The number of anilines is 1. The first-order valence-corrected chi connectivity index (χ1v) is 8.58. The van der Waals surface area contributed by atoms with Crippen LogP contribution in [0.1, 0.15) is 10.4 Å². The normalized spacial score (nSPS) is 10.4. The zero-order valence-electron chi connectivity index (χ0n) is 14.7. The van der Waals surface area contributed by atoms with Crippen molar-refractivity contribution < 1.29 is 9.53 Å². The molecule has 0 fully saturated rings. The first-order valence-electron chi connectivity index (χ1n) is 8.58. The molecule has 0 unspecified atom stereocenters. The molecule has 136 valence electrons. The quantitative estimate of drug-likeness (QED) is 0.459. The lowest BCUT2D eigenvalue weighted by molar-refractivity contribution is 0.102. The fourth-order valence-corrected chi connectivity index (χ4v) is 2.79. The maximum absolute atomic E-state index is 12.3. The van der Waals surface area contributed by atoms with Crippen molar-refractivity contribution in [2.75, 3.05) is 5.32 Å². The summed E-state index contributed by atoms with van der Waals surface area (Å²) in [4.78, 5) is 26.8. The number of ether oxygens (including phenoxy) is 1. The van der Waals surface area contributed by atoms with E-state index in [2.05, 4.69) is 15.5 Å². The summed E-state index contributed by atoms with van der Waals surface area (Å²) in [6, 6.07) is 20.9. The third-order valence-corrected chi connectivity index (χ3v) is 4.22. The van der Waals surface area contributed by atoms with E-state index in [0.29, 0.717) is 17.0 Å². The first kappa shape index (κ1) is 17.4. The van der Waals surface area contributed by atoms with Crippen LogP contribution in [-0.2, 0) is 0 Å². The number of amides is 1.